The quantitative estimate of drug-likeness (QED) is 0.245. The van der Waals surface area contributed by atoms with Crippen molar-refractivity contribution in [2.75, 3.05) is 31.1 Å². The van der Waals surface area contributed by atoms with Gasteiger partial charge in [-0.05, 0) is 86.1 Å². The molecule has 4 aromatic rings. The normalized spacial score (nSPS) is 15.9. The molecule has 1 aliphatic carbocycles. The van der Waals surface area contributed by atoms with Crippen molar-refractivity contribution in [3.63, 3.8) is 0 Å². The minimum absolute atomic E-state index is 0.0127. The molecule has 6 rings (SSSR count). The van der Waals surface area contributed by atoms with Gasteiger partial charge in [-0.2, -0.15) is 5.26 Å². The highest BCUT2D eigenvalue weighted by atomic mass is 32.1. The molecule has 2 amide bonds. The number of amides is 2. The van der Waals surface area contributed by atoms with E-state index in [9.17, 15) is 9.59 Å². The predicted octanol–water partition coefficient (Wildman–Crippen LogP) is 5.96. The molecule has 2 fully saturated rings. The molecular formula is C34H38N6O2S. The number of nitrogens with zero attached hydrogens (tertiary/aromatic N) is 5. The number of imidazole rings is 1. The molecule has 1 saturated carbocycles. The summed E-state index contributed by atoms with van der Waals surface area (Å²) in [4.78, 5) is 36.4. The molecule has 1 aliphatic heterocycles. The van der Waals surface area contributed by atoms with Crippen molar-refractivity contribution in [1.82, 2.24) is 19.8 Å². The summed E-state index contributed by atoms with van der Waals surface area (Å²) >= 11 is 1.49. The number of hydrogen-bond acceptors (Lipinski definition) is 6. The van der Waals surface area contributed by atoms with E-state index in [0.29, 0.717) is 30.1 Å². The van der Waals surface area contributed by atoms with E-state index < -0.39 is 0 Å². The van der Waals surface area contributed by atoms with Crippen molar-refractivity contribution < 1.29 is 9.59 Å². The highest BCUT2D eigenvalue weighted by Crippen LogP contribution is 2.33. The lowest BCUT2D eigenvalue weighted by molar-refractivity contribution is -0.123. The first-order valence-corrected chi connectivity index (χ1v) is 16.2. The average molecular weight is 595 g/mol. The molecule has 1 saturated heterocycles. The van der Waals surface area contributed by atoms with Crippen LogP contribution in [-0.2, 0) is 17.9 Å². The number of rotatable bonds is 10. The van der Waals surface area contributed by atoms with Crippen molar-refractivity contribution in [3.05, 3.63) is 82.8 Å². The Morgan fingerprint density at radius 2 is 1.81 bits per heavy atom. The van der Waals surface area contributed by atoms with Crippen LogP contribution in [0.25, 0.3) is 10.1 Å². The van der Waals surface area contributed by atoms with Gasteiger partial charge in [-0.3, -0.25) is 9.59 Å². The summed E-state index contributed by atoms with van der Waals surface area (Å²) in [5.41, 5.74) is 3.48. The second-order valence-corrected chi connectivity index (χ2v) is 12.8. The van der Waals surface area contributed by atoms with Crippen molar-refractivity contribution in [2.24, 2.45) is 5.92 Å². The Hall–Kier alpha value is -4.00. The maximum absolute atomic E-state index is 14.0. The highest BCUT2D eigenvalue weighted by Gasteiger charge is 2.28. The number of likely N-dealkylation sites (tertiary alicyclic amines) is 1. The number of fused-ring (bicyclic) bond motifs is 1. The van der Waals surface area contributed by atoms with Gasteiger partial charge in [-0.25, -0.2) is 4.98 Å². The fourth-order valence-corrected chi connectivity index (χ4v) is 7.22. The van der Waals surface area contributed by atoms with E-state index in [-0.39, 0.29) is 17.7 Å². The first kappa shape index (κ1) is 29.1. The summed E-state index contributed by atoms with van der Waals surface area (Å²) < 4.78 is 3.10. The Labute approximate surface area is 256 Å². The maximum atomic E-state index is 14.0. The van der Waals surface area contributed by atoms with Crippen LogP contribution in [0.5, 0.6) is 0 Å². The molecule has 2 aromatic carbocycles. The lowest BCUT2D eigenvalue weighted by Gasteiger charge is -2.30. The van der Waals surface area contributed by atoms with Gasteiger partial charge in [0.05, 0.1) is 35.1 Å². The molecule has 0 atom stereocenters. The van der Waals surface area contributed by atoms with Crippen LogP contribution < -0.4 is 10.2 Å². The summed E-state index contributed by atoms with van der Waals surface area (Å²) in [6, 6.07) is 17.8. The number of carbonyl (C=O) groups is 2. The minimum atomic E-state index is -0.0382. The highest BCUT2D eigenvalue weighted by molar-refractivity contribution is 7.20. The number of nitriles is 1. The molecule has 2 aromatic heterocycles. The number of hydrogen-bond donors (Lipinski definition) is 1. The fourth-order valence-electron chi connectivity index (χ4n) is 6.26. The number of benzene rings is 2. The smallest absolute Gasteiger partial charge is 0.261 e. The average Bonchev–Trinajstić information content (AvgIpc) is 3.82. The van der Waals surface area contributed by atoms with E-state index in [2.05, 4.69) is 31.9 Å². The van der Waals surface area contributed by atoms with E-state index >= 15 is 0 Å². The molecule has 43 heavy (non-hydrogen) atoms. The number of nitrogens with one attached hydrogen (secondary N) is 1. The van der Waals surface area contributed by atoms with Gasteiger partial charge in [-0.1, -0.05) is 31.4 Å². The summed E-state index contributed by atoms with van der Waals surface area (Å²) in [5.74, 6) is 0.128. The van der Waals surface area contributed by atoms with Gasteiger partial charge in [-0.15, -0.1) is 11.3 Å². The summed E-state index contributed by atoms with van der Waals surface area (Å²) in [6.07, 6.45) is 11.3. The zero-order valence-corrected chi connectivity index (χ0v) is 25.3. The van der Waals surface area contributed by atoms with Gasteiger partial charge in [0.15, 0.2) is 0 Å². The fraction of sp³-hybridized carbons (Fsp3) is 0.412. The lowest BCUT2D eigenvalue weighted by atomic mass is 9.88. The molecule has 1 N–H and O–H groups in total. The van der Waals surface area contributed by atoms with Gasteiger partial charge in [0.2, 0.25) is 5.91 Å². The molecule has 9 heteroatoms. The molecule has 0 spiro atoms. The van der Waals surface area contributed by atoms with Crippen LogP contribution in [0.1, 0.15) is 71.4 Å². The van der Waals surface area contributed by atoms with E-state index in [4.69, 9.17) is 5.26 Å². The standard InChI is InChI=1S/C34H38N6O2S/c35-20-25-8-10-26(11-9-25)22-39-24-36-21-30(39)23-40(34(42)27-6-2-1-3-7-27)29-12-13-31-28(18-29)19-32(43-31)33(41)37-14-17-38-15-4-5-16-38/h8-13,18-19,21,24,27H,1-7,14-17,22-23H2,(H,37,41). The zero-order valence-electron chi connectivity index (χ0n) is 24.5. The van der Waals surface area contributed by atoms with Crippen molar-refractivity contribution >= 4 is 38.9 Å². The Balaban J connectivity index is 1.22. The second kappa shape index (κ2) is 13.5. The zero-order chi connectivity index (χ0) is 29.6. The van der Waals surface area contributed by atoms with Crippen LogP contribution in [0.4, 0.5) is 5.69 Å². The molecular weight excluding hydrogens is 556 g/mol. The van der Waals surface area contributed by atoms with E-state index in [1.165, 1.54) is 30.6 Å². The van der Waals surface area contributed by atoms with Crippen molar-refractivity contribution in [3.8, 4) is 6.07 Å². The van der Waals surface area contributed by atoms with Crippen molar-refractivity contribution in [1.29, 1.82) is 5.26 Å². The van der Waals surface area contributed by atoms with Crippen LogP contribution in [0.2, 0.25) is 0 Å². The Kier molecular flexibility index (Phi) is 9.16. The SMILES string of the molecule is N#Cc1ccc(Cn2cncc2CN(C(=O)C2CCCCC2)c2ccc3sc(C(=O)NCCN4CCCC4)cc3c2)cc1. The summed E-state index contributed by atoms with van der Waals surface area (Å²) in [7, 11) is 0. The third-order valence-corrected chi connectivity index (χ3v) is 9.84. The number of anilines is 1. The molecule has 8 nitrogen and oxygen atoms in total. The van der Waals surface area contributed by atoms with E-state index in [0.717, 1.165) is 72.3 Å². The molecule has 222 valence electrons. The largest absolute Gasteiger partial charge is 0.350 e. The third-order valence-electron chi connectivity index (χ3n) is 8.72. The first-order valence-electron chi connectivity index (χ1n) is 15.4. The monoisotopic (exact) mass is 594 g/mol. The van der Waals surface area contributed by atoms with Gasteiger partial charge in [0.25, 0.3) is 5.91 Å². The van der Waals surface area contributed by atoms with Crippen LogP contribution in [-0.4, -0.2) is 52.4 Å². The van der Waals surface area contributed by atoms with Gasteiger partial charge >= 0.3 is 0 Å². The van der Waals surface area contributed by atoms with Gasteiger partial charge < -0.3 is 19.7 Å². The summed E-state index contributed by atoms with van der Waals surface area (Å²) in [6.45, 7) is 4.79. The van der Waals surface area contributed by atoms with Crippen LogP contribution in [0, 0.1) is 17.2 Å². The van der Waals surface area contributed by atoms with Crippen LogP contribution in [0.15, 0.2) is 61.1 Å². The topological polar surface area (TPSA) is 94.3 Å². The van der Waals surface area contributed by atoms with Gasteiger partial charge in [0, 0.05) is 42.1 Å². The number of thiophene rings is 1. The number of carbonyl (C=O) groups excluding carboxylic acids is 2. The Bertz CT molecular complexity index is 1610. The van der Waals surface area contributed by atoms with Crippen molar-refractivity contribution in [2.45, 2.75) is 58.0 Å². The molecule has 0 bridgehead atoms. The minimum Gasteiger partial charge on any atom is -0.350 e. The molecule has 0 unspecified atom stereocenters. The maximum Gasteiger partial charge on any atom is 0.261 e. The first-order chi connectivity index (χ1) is 21.1. The Morgan fingerprint density at radius 1 is 1.02 bits per heavy atom. The predicted molar refractivity (Wildman–Crippen MR) is 170 cm³/mol. The molecule has 2 aliphatic rings. The second-order valence-electron chi connectivity index (χ2n) is 11.7. The van der Waals surface area contributed by atoms with Gasteiger partial charge in [0.1, 0.15) is 0 Å². The van der Waals surface area contributed by atoms with Crippen LogP contribution >= 0.6 is 11.3 Å². The van der Waals surface area contributed by atoms with E-state index in [1.54, 1.807) is 6.33 Å². The molecule has 3 heterocycles. The molecule has 0 radical (unpaired) electrons. The van der Waals surface area contributed by atoms with Crippen LogP contribution in [0.3, 0.4) is 0 Å². The number of aromatic nitrogens is 2. The lowest BCUT2D eigenvalue weighted by Crippen LogP contribution is -2.37. The van der Waals surface area contributed by atoms with E-state index in [1.807, 2.05) is 53.6 Å². The third kappa shape index (κ3) is 6.98. The summed E-state index contributed by atoms with van der Waals surface area (Å²) in [5, 5.41) is 13.2. The Morgan fingerprint density at radius 3 is 2.58 bits per heavy atom.